The highest BCUT2D eigenvalue weighted by molar-refractivity contribution is 9.10. The first-order valence-corrected chi connectivity index (χ1v) is 10.4. The number of benzene rings is 1. The van der Waals surface area contributed by atoms with Crippen LogP contribution in [0.5, 0.6) is 0 Å². The van der Waals surface area contributed by atoms with Crippen LogP contribution in [0.4, 0.5) is 5.82 Å². The summed E-state index contributed by atoms with van der Waals surface area (Å²) in [5.41, 5.74) is 8.42. The Kier molecular flexibility index (Phi) is 7.11. The van der Waals surface area contributed by atoms with Gasteiger partial charge in [0, 0.05) is 7.05 Å². The maximum absolute atomic E-state index is 12.5. The molecule has 0 bridgehead atoms. The number of rotatable bonds is 6. The topological polar surface area (TPSA) is 102 Å². The largest absolute Gasteiger partial charge is 0.383 e. The highest BCUT2D eigenvalue weighted by Crippen LogP contribution is 2.27. The quantitative estimate of drug-likeness (QED) is 0.611. The number of aryl methyl sites for hydroxylation is 1. The van der Waals surface area contributed by atoms with E-state index in [1.165, 1.54) is 10.2 Å². The van der Waals surface area contributed by atoms with E-state index in [4.69, 9.17) is 5.73 Å². The Morgan fingerprint density at radius 1 is 1.21 bits per heavy atom. The summed E-state index contributed by atoms with van der Waals surface area (Å²) in [5.74, 6) is -0.296. The van der Waals surface area contributed by atoms with Gasteiger partial charge in [0.05, 0.1) is 12.6 Å². The van der Waals surface area contributed by atoms with E-state index in [1.807, 2.05) is 0 Å². The van der Waals surface area contributed by atoms with Crippen LogP contribution in [0.1, 0.15) is 62.1 Å². The number of hydrogen-bond acceptors (Lipinski definition) is 4. The minimum absolute atomic E-state index is 0.0712. The molecule has 0 aliphatic rings. The van der Waals surface area contributed by atoms with Gasteiger partial charge in [-0.3, -0.25) is 14.3 Å². The minimum Gasteiger partial charge on any atom is -0.383 e. The normalized spacial score (nSPS) is 12.7. The lowest BCUT2D eigenvalue weighted by molar-refractivity contribution is -0.121. The lowest BCUT2D eigenvalue weighted by atomic mass is 9.85. The number of amides is 2. The zero-order valence-electron chi connectivity index (χ0n) is 17.8. The molecular weight excluding hydrogens is 434 g/mol. The standard InChI is InChI=1S/C21H30BrN5O2/c1-12(2)17(13-7-9-14(10-8-13)21(3,4)5)25-15(28)11-24-20(29)16-18(22)26-27(6)19(16)23/h7-10,12,17H,11,23H2,1-6H3,(H,24,29)(H,25,28). The third-order valence-electron chi connectivity index (χ3n) is 4.80. The summed E-state index contributed by atoms with van der Waals surface area (Å²) in [6.45, 7) is 10.4. The van der Waals surface area contributed by atoms with Gasteiger partial charge in [-0.25, -0.2) is 0 Å². The van der Waals surface area contributed by atoms with Gasteiger partial charge in [0.15, 0.2) is 0 Å². The molecule has 0 spiro atoms. The lowest BCUT2D eigenvalue weighted by Crippen LogP contribution is -2.40. The molecular formula is C21H30BrN5O2. The van der Waals surface area contributed by atoms with Gasteiger partial charge >= 0.3 is 0 Å². The number of nitrogen functional groups attached to an aromatic ring is 1. The fraction of sp³-hybridized carbons (Fsp3) is 0.476. The van der Waals surface area contributed by atoms with Crippen molar-refractivity contribution in [2.24, 2.45) is 13.0 Å². The number of carbonyl (C=O) groups is 2. The van der Waals surface area contributed by atoms with Crippen LogP contribution in [-0.4, -0.2) is 28.1 Å². The van der Waals surface area contributed by atoms with Gasteiger partial charge < -0.3 is 16.4 Å². The third kappa shape index (κ3) is 5.59. The summed E-state index contributed by atoms with van der Waals surface area (Å²) >= 11 is 3.21. The van der Waals surface area contributed by atoms with Gasteiger partial charge in [0.1, 0.15) is 16.0 Å². The Morgan fingerprint density at radius 3 is 2.24 bits per heavy atom. The van der Waals surface area contributed by atoms with Crippen molar-refractivity contribution in [3.05, 3.63) is 45.6 Å². The Balaban J connectivity index is 2.03. The van der Waals surface area contributed by atoms with E-state index in [9.17, 15) is 9.59 Å². The number of carbonyl (C=O) groups excluding carboxylic acids is 2. The molecule has 2 rings (SSSR count). The summed E-state index contributed by atoms with van der Waals surface area (Å²) in [4.78, 5) is 24.8. The second-order valence-corrected chi connectivity index (χ2v) is 9.27. The van der Waals surface area contributed by atoms with Crippen LogP contribution < -0.4 is 16.4 Å². The van der Waals surface area contributed by atoms with Crippen molar-refractivity contribution in [3.63, 3.8) is 0 Å². The Morgan fingerprint density at radius 2 is 1.79 bits per heavy atom. The molecule has 0 aliphatic heterocycles. The molecule has 1 aromatic heterocycles. The molecule has 1 heterocycles. The van der Waals surface area contributed by atoms with Crippen LogP contribution in [0.2, 0.25) is 0 Å². The molecule has 0 saturated heterocycles. The monoisotopic (exact) mass is 463 g/mol. The fourth-order valence-corrected chi connectivity index (χ4v) is 3.63. The van der Waals surface area contributed by atoms with Gasteiger partial charge in [-0.1, -0.05) is 58.9 Å². The van der Waals surface area contributed by atoms with E-state index in [-0.39, 0.29) is 41.2 Å². The van der Waals surface area contributed by atoms with Crippen molar-refractivity contribution in [1.29, 1.82) is 0 Å². The molecule has 1 atom stereocenters. The van der Waals surface area contributed by atoms with Gasteiger partial charge in [0.25, 0.3) is 5.91 Å². The number of nitrogens with one attached hydrogen (secondary N) is 2. The number of nitrogens with two attached hydrogens (primary N) is 1. The van der Waals surface area contributed by atoms with E-state index in [1.54, 1.807) is 7.05 Å². The van der Waals surface area contributed by atoms with Crippen molar-refractivity contribution < 1.29 is 9.59 Å². The number of hydrogen-bond donors (Lipinski definition) is 3. The second kappa shape index (κ2) is 8.98. The van der Waals surface area contributed by atoms with Gasteiger partial charge in [-0.15, -0.1) is 0 Å². The summed E-state index contributed by atoms with van der Waals surface area (Å²) in [6.07, 6.45) is 0. The summed E-state index contributed by atoms with van der Waals surface area (Å²) in [5, 5.41) is 9.66. The maximum atomic E-state index is 12.5. The van der Waals surface area contributed by atoms with Crippen molar-refractivity contribution in [1.82, 2.24) is 20.4 Å². The first kappa shape index (κ1) is 22.9. The number of nitrogens with zero attached hydrogens (tertiary/aromatic N) is 2. The van der Waals surface area contributed by atoms with Crippen molar-refractivity contribution in [3.8, 4) is 0 Å². The molecule has 1 aromatic carbocycles. The fourth-order valence-electron chi connectivity index (χ4n) is 3.01. The van der Waals surface area contributed by atoms with Crippen molar-refractivity contribution in [2.45, 2.75) is 46.1 Å². The van der Waals surface area contributed by atoms with Crippen LogP contribution in [-0.2, 0) is 17.3 Å². The molecule has 0 fully saturated rings. The number of halogens is 1. The average Bonchev–Trinajstić information content (AvgIpc) is 2.88. The van der Waals surface area contributed by atoms with Gasteiger partial charge in [-0.2, -0.15) is 5.10 Å². The highest BCUT2D eigenvalue weighted by Gasteiger charge is 2.22. The smallest absolute Gasteiger partial charge is 0.258 e. The molecule has 0 radical (unpaired) electrons. The molecule has 0 aliphatic carbocycles. The van der Waals surface area contributed by atoms with Crippen LogP contribution in [0.3, 0.4) is 0 Å². The van der Waals surface area contributed by atoms with E-state index < -0.39 is 5.91 Å². The molecule has 2 aromatic rings. The molecule has 4 N–H and O–H groups in total. The summed E-state index contributed by atoms with van der Waals surface area (Å²) in [6, 6.07) is 8.15. The van der Waals surface area contributed by atoms with Crippen LogP contribution in [0.25, 0.3) is 0 Å². The molecule has 7 nitrogen and oxygen atoms in total. The second-order valence-electron chi connectivity index (χ2n) is 8.52. The summed E-state index contributed by atoms with van der Waals surface area (Å²) in [7, 11) is 1.64. The van der Waals surface area contributed by atoms with Crippen LogP contribution in [0.15, 0.2) is 28.9 Å². The van der Waals surface area contributed by atoms with E-state index >= 15 is 0 Å². The number of aromatic nitrogens is 2. The first-order chi connectivity index (χ1) is 13.4. The predicted molar refractivity (Wildman–Crippen MR) is 119 cm³/mol. The van der Waals surface area contributed by atoms with Gasteiger partial charge in [0.2, 0.25) is 5.91 Å². The van der Waals surface area contributed by atoms with E-state index in [0.717, 1.165) is 5.56 Å². The zero-order valence-corrected chi connectivity index (χ0v) is 19.4. The average molecular weight is 464 g/mol. The summed E-state index contributed by atoms with van der Waals surface area (Å²) < 4.78 is 1.74. The van der Waals surface area contributed by atoms with Crippen LogP contribution >= 0.6 is 15.9 Å². The Hall–Kier alpha value is -2.35. The molecule has 29 heavy (non-hydrogen) atoms. The Bertz CT molecular complexity index is 882. The molecule has 0 saturated carbocycles. The van der Waals surface area contributed by atoms with Crippen molar-refractivity contribution >= 4 is 33.6 Å². The zero-order chi connectivity index (χ0) is 21.9. The molecule has 8 heteroatoms. The maximum Gasteiger partial charge on any atom is 0.258 e. The molecule has 2 amide bonds. The van der Waals surface area contributed by atoms with E-state index in [0.29, 0.717) is 4.60 Å². The van der Waals surface area contributed by atoms with Crippen molar-refractivity contribution in [2.75, 3.05) is 12.3 Å². The van der Waals surface area contributed by atoms with Crippen LogP contribution in [0, 0.1) is 5.92 Å². The first-order valence-electron chi connectivity index (χ1n) is 9.57. The molecule has 1 unspecified atom stereocenters. The Labute approximate surface area is 180 Å². The minimum atomic E-state index is -0.451. The third-order valence-corrected chi connectivity index (χ3v) is 5.36. The SMILES string of the molecule is CC(C)C(NC(=O)CNC(=O)c1c(Br)nn(C)c1N)c1ccc(C(C)(C)C)cc1. The molecule has 158 valence electrons. The highest BCUT2D eigenvalue weighted by atomic mass is 79.9. The van der Waals surface area contributed by atoms with E-state index in [2.05, 4.69) is 90.5 Å². The number of anilines is 1. The predicted octanol–water partition coefficient (Wildman–Crippen LogP) is 3.31. The van der Waals surface area contributed by atoms with Gasteiger partial charge in [-0.05, 0) is 38.4 Å². The lowest BCUT2D eigenvalue weighted by Gasteiger charge is -2.25.